The quantitative estimate of drug-likeness (QED) is 0.826. The third kappa shape index (κ3) is 2.69. The number of rotatable bonds is 3. The Morgan fingerprint density at radius 3 is 2.68 bits per heavy atom. The van der Waals surface area contributed by atoms with Gasteiger partial charge in [-0.25, -0.2) is 0 Å². The van der Waals surface area contributed by atoms with Gasteiger partial charge in [-0.2, -0.15) is 0 Å². The van der Waals surface area contributed by atoms with Gasteiger partial charge in [-0.3, -0.25) is 9.80 Å². The second kappa shape index (κ2) is 5.61. The molecule has 4 rings (SSSR count). The van der Waals surface area contributed by atoms with Crippen molar-refractivity contribution in [1.82, 2.24) is 9.80 Å². The maximum Gasteiger partial charge on any atom is 0.0739 e. The van der Waals surface area contributed by atoms with Crippen molar-refractivity contribution in [3.63, 3.8) is 0 Å². The van der Waals surface area contributed by atoms with E-state index in [-0.39, 0.29) is 0 Å². The van der Waals surface area contributed by atoms with Crippen LogP contribution in [-0.2, 0) is 11.3 Å². The molecule has 0 aliphatic carbocycles. The van der Waals surface area contributed by atoms with Crippen LogP contribution in [0.5, 0.6) is 0 Å². The lowest BCUT2D eigenvalue weighted by Gasteiger charge is -2.43. The van der Waals surface area contributed by atoms with E-state index in [0.29, 0.717) is 18.2 Å². The third-order valence-corrected chi connectivity index (χ3v) is 4.75. The van der Waals surface area contributed by atoms with Gasteiger partial charge in [-0.15, -0.1) is 0 Å². The molecular formula is C16H24N2O. The minimum Gasteiger partial charge on any atom is -0.380 e. The zero-order valence-electron chi connectivity index (χ0n) is 12.0. The molecule has 0 radical (unpaired) electrons. The van der Waals surface area contributed by atoms with Crippen LogP contribution < -0.4 is 0 Å². The summed E-state index contributed by atoms with van der Waals surface area (Å²) in [5.41, 5.74) is 1.42. The molecule has 0 unspecified atom stereocenters. The normalized spacial score (nSPS) is 32.4. The van der Waals surface area contributed by atoms with Crippen LogP contribution in [0.15, 0.2) is 30.3 Å². The van der Waals surface area contributed by atoms with Crippen molar-refractivity contribution in [3.05, 3.63) is 35.9 Å². The summed E-state index contributed by atoms with van der Waals surface area (Å²) in [7, 11) is 4.10. The SMILES string of the molecule is CO[C@@H]1CC[C@H]2CN(C)[C@@H]1CN2Cc1ccccc1. The van der Waals surface area contributed by atoms with E-state index in [2.05, 4.69) is 47.2 Å². The van der Waals surface area contributed by atoms with Crippen LogP contribution in [-0.4, -0.2) is 55.2 Å². The molecule has 3 aliphatic heterocycles. The molecule has 0 spiro atoms. The van der Waals surface area contributed by atoms with Crippen molar-refractivity contribution in [3.8, 4) is 0 Å². The highest BCUT2D eigenvalue weighted by Crippen LogP contribution is 2.29. The number of hydrogen-bond donors (Lipinski definition) is 0. The van der Waals surface area contributed by atoms with Gasteiger partial charge in [0.15, 0.2) is 0 Å². The molecule has 104 valence electrons. The molecule has 0 amide bonds. The molecule has 3 heteroatoms. The minimum absolute atomic E-state index is 0.399. The summed E-state index contributed by atoms with van der Waals surface area (Å²) in [4.78, 5) is 5.15. The van der Waals surface area contributed by atoms with E-state index in [1.54, 1.807) is 0 Å². The minimum atomic E-state index is 0.399. The average Bonchev–Trinajstić information content (AvgIpc) is 2.69. The van der Waals surface area contributed by atoms with Crippen LogP contribution in [0.3, 0.4) is 0 Å². The number of ether oxygens (including phenoxy) is 1. The molecule has 0 aromatic heterocycles. The Morgan fingerprint density at radius 1 is 1.16 bits per heavy atom. The van der Waals surface area contributed by atoms with Crippen LogP contribution in [0.4, 0.5) is 0 Å². The van der Waals surface area contributed by atoms with Gasteiger partial charge in [0.05, 0.1) is 6.10 Å². The number of fused-ring (bicyclic) bond motifs is 4. The van der Waals surface area contributed by atoms with Gasteiger partial charge in [-0.1, -0.05) is 30.3 Å². The second-order valence-corrected chi connectivity index (χ2v) is 5.93. The highest BCUT2D eigenvalue weighted by atomic mass is 16.5. The van der Waals surface area contributed by atoms with E-state index in [9.17, 15) is 0 Å². The maximum absolute atomic E-state index is 5.70. The largest absolute Gasteiger partial charge is 0.380 e. The van der Waals surface area contributed by atoms with Gasteiger partial charge in [-0.05, 0) is 25.5 Å². The topological polar surface area (TPSA) is 15.7 Å². The maximum atomic E-state index is 5.70. The number of piperazine rings is 1. The molecular weight excluding hydrogens is 236 g/mol. The van der Waals surface area contributed by atoms with Gasteiger partial charge in [0.2, 0.25) is 0 Å². The summed E-state index contributed by atoms with van der Waals surface area (Å²) >= 11 is 0. The lowest BCUT2D eigenvalue weighted by molar-refractivity contribution is -0.0118. The van der Waals surface area contributed by atoms with Crippen molar-refractivity contribution in [2.45, 2.75) is 37.6 Å². The molecule has 3 nitrogen and oxygen atoms in total. The Hall–Kier alpha value is -0.900. The summed E-state index contributed by atoms with van der Waals surface area (Å²) in [5, 5.41) is 0. The summed E-state index contributed by atoms with van der Waals surface area (Å²) in [6.45, 7) is 3.39. The molecule has 3 heterocycles. The fraction of sp³-hybridized carbons (Fsp3) is 0.625. The monoisotopic (exact) mass is 260 g/mol. The predicted molar refractivity (Wildman–Crippen MR) is 77.1 cm³/mol. The van der Waals surface area contributed by atoms with E-state index in [1.807, 2.05) is 7.11 Å². The highest BCUT2D eigenvalue weighted by Gasteiger charge is 2.39. The van der Waals surface area contributed by atoms with Gasteiger partial charge >= 0.3 is 0 Å². The summed E-state index contributed by atoms with van der Waals surface area (Å²) < 4.78 is 5.70. The van der Waals surface area contributed by atoms with Crippen molar-refractivity contribution >= 4 is 0 Å². The van der Waals surface area contributed by atoms with Gasteiger partial charge < -0.3 is 4.74 Å². The first-order valence-electron chi connectivity index (χ1n) is 7.29. The number of nitrogens with zero attached hydrogens (tertiary/aromatic N) is 2. The zero-order chi connectivity index (χ0) is 13.2. The summed E-state index contributed by atoms with van der Waals surface area (Å²) in [5.74, 6) is 0. The van der Waals surface area contributed by atoms with Crippen LogP contribution >= 0.6 is 0 Å². The van der Waals surface area contributed by atoms with Gasteiger partial charge in [0.25, 0.3) is 0 Å². The van der Waals surface area contributed by atoms with E-state index < -0.39 is 0 Å². The first kappa shape index (κ1) is 13.1. The molecule has 3 aliphatic rings. The number of benzene rings is 1. The van der Waals surface area contributed by atoms with E-state index in [4.69, 9.17) is 4.74 Å². The first-order valence-corrected chi connectivity index (χ1v) is 7.29. The molecule has 0 saturated carbocycles. The van der Waals surface area contributed by atoms with Crippen LogP contribution in [0.2, 0.25) is 0 Å². The van der Waals surface area contributed by atoms with E-state index in [1.165, 1.54) is 24.9 Å². The van der Waals surface area contributed by atoms with Crippen LogP contribution in [0.1, 0.15) is 18.4 Å². The molecule has 2 bridgehead atoms. The molecule has 3 fully saturated rings. The Bertz CT molecular complexity index is 408. The van der Waals surface area contributed by atoms with E-state index >= 15 is 0 Å². The Balaban J connectivity index is 1.74. The Morgan fingerprint density at radius 2 is 1.95 bits per heavy atom. The lowest BCUT2D eigenvalue weighted by atomic mass is 10.1. The van der Waals surface area contributed by atoms with Gasteiger partial charge in [0, 0.05) is 38.8 Å². The highest BCUT2D eigenvalue weighted by molar-refractivity contribution is 5.15. The molecule has 19 heavy (non-hydrogen) atoms. The molecule has 1 aromatic carbocycles. The number of hydrogen-bond acceptors (Lipinski definition) is 3. The van der Waals surface area contributed by atoms with Crippen molar-refractivity contribution in [2.24, 2.45) is 0 Å². The second-order valence-electron chi connectivity index (χ2n) is 5.93. The van der Waals surface area contributed by atoms with Gasteiger partial charge in [0.1, 0.15) is 0 Å². The smallest absolute Gasteiger partial charge is 0.0739 e. The summed E-state index contributed by atoms with van der Waals surface area (Å²) in [6, 6.07) is 12.1. The van der Waals surface area contributed by atoms with Crippen molar-refractivity contribution < 1.29 is 4.74 Å². The number of methoxy groups -OCH3 is 1. The van der Waals surface area contributed by atoms with Crippen LogP contribution in [0, 0.1) is 0 Å². The van der Waals surface area contributed by atoms with Crippen molar-refractivity contribution in [1.29, 1.82) is 0 Å². The predicted octanol–water partition coefficient (Wildman–Crippen LogP) is 1.98. The fourth-order valence-electron chi connectivity index (χ4n) is 3.62. The Labute approximate surface area is 116 Å². The average molecular weight is 260 g/mol. The first-order chi connectivity index (χ1) is 9.28. The molecule has 3 saturated heterocycles. The third-order valence-electron chi connectivity index (χ3n) is 4.75. The Kier molecular flexibility index (Phi) is 3.87. The van der Waals surface area contributed by atoms with E-state index in [0.717, 1.165) is 13.1 Å². The lowest BCUT2D eigenvalue weighted by Crippen LogP contribution is -2.57. The number of likely N-dealkylation sites (N-methyl/N-ethyl adjacent to an activating group) is 1. The fourth-order valence-corrected chi connectivity index (χ4v) is 3.62. The molecule has 1 aromatic rings. The molecule has 3 atom stereocenters. The standard InChI is InChI=1S/C16H24N2O/c1-17-11-14-8-9-16(19-2)15(17)12-18(14)10-13-6-4-3-5-7-13/h3-7,14-16H,8-12H2,1-2H3/t14-,15+,16+/m0/s1. The van der Waals surface area contributed by atoms with Crippen molar-refractivity contribution in [2.75, 3.05) is 27.2 Å². The van der Waals surface area contributed by atoms with Crippen LogP contribution in [0.25, 0.3) is 0 Å². The molecule has 0 N–H and O–H groups in total. The summed E-state index contributed by atoms with van der Waals surface area (Å²) in [6.07, 6.45) is 2.85. The zero-order valence-corrected chi connectivity index (χ0v) is 12.0.